The zero-order valence-electron chi connectivity index (χ0n) is 15.3. The highest BCUT2D eigenvalue weighted by Gasteiger charge is 2.19. The molecule has 1 amide bonds. The molecule has 1 aromatic rings. The Bertz CT molecular complexity index is 546. The van der Waals surface area contributed by atoms with Gasteiger partial charge in [0.05, 0.1) is 25.4 Å². The summed E-state index contributed by atoms with van der Waals surface area (Å²) in [6.07, 6.45) is 0.814. The molecule has 1 rings (SSSR count). The molecule has 25 heavy (non-hydrogen) atoms. The Morgan fingerprint density at radius 1 is 0.920 bits per heavy atom. The summed E-state index contributed by atoms with van der Waals surface area (Å²) < 4.78 is 21.7. The third kappa shape index (κ3) is 6.52. The highest BCUT2D eigenvalue weighted by molar-refractivity contribution is 5.92. The number of rotatable bonds is 11. The molecule has 0 saturated carbocycles. The lowest BCUT2D eigenvalue weighted by molar-refractivity contribution is -0.124. The SMILES string of the molecule is CCCNC(=O)COC(=O)c1cc(OCC)c(OCC)c(OCC)c1. The van der Waals surface area contributed by atoms with Crippen molar-refractivity contribution in [1.82, 2.24) is 5.32 Å². The molecule has 0 unspecified atom stereocenters. The van der Waals surface area contributed by atoms with Crippen molar-refractivity contribution in [2.75, 3.05) is 33.0 Å². The predicted molar refractivity (Wildman–Crippen MR) is 93.5 cm³/mol. The fourth-order valence-corrected chi connectivity index (χ4v) is 2.04. The first kappa shape index (κ1) is 20.6. The van der Waals surface area contributed by atoms with Crippen LogP contribution in [0.3, 0.4) is 0 Å². The second-order valence-corrected chi connectivity index (χ2v) is 5.03. The fraction of sp³-hybridized carbons (Fsp3) is 0.556. The van der Waals surface area contributed by atoms with E-state index in [0.29, 0.717) is 43.6 Å². The van der Waals surface area contributed by atoms with Crippen LogP contribution >= 0.6 is 0 Å². The van der Waals surface area contributed by atoms with Gasteiger partial charge in [0.1, 0.15) is 0 Å². The Kier molecular flexibility index (Phi) is 9.21. The number of amides is 1. The summed E-state index contributed by atoms with van der Waals surface area (Å²) in [5, 5.41) is 2.64. The van der Waals surface area contributed by atoms with E-state index in [-0.39, 0.29) is 18.1 Å². The van der Waals surface area contributed by atoms with Crippen molar-refractivity contribution in [2.45, 2.75) is 34.1 Å². The number of nitrogens with one attached hydrogen (secondary N) is 1. The quantitative estimate of drug-likeness (QED) is 0.616. The van der Waals surface area contributed by atoms with Crippen LogP contribution < -0.4 is 19.5 Å². The number of carbonyl (C=O) groups excluding carboxylic acids is 2. The molecule has 7 nitrogen and oxygen atoms in total. The largest absolute Gasteiger partial charge is 0.490 e. The van der Waals surface area contributed by atoms with Gasteiger partial charge in [-0.25, -0.2) is 4.79 Å². The smallest absolute Gasteiger partial charge is 0.338 e. The molecule has 0 aliphatic heterocycles. The highest BCUT2D eigenvalue weighted by Crippen LogP contribution is 2.39. The monoisotopic (exact) mass is 353 g/mol. The van der Waals surface area contributed by atoms with E-state index >= 15 is 0 Å². The maximum atomic E-state index is 12.3. The van der Waals surface area contributed by atoms with E-state index in [0.717, 1.165) is 6.42 Å². The van der Waals surface area contributed by atoms with Gasteiger partial charge in [-0.1, -0.05) is 6.92 Å². The topological polar surface area (TPSA) is 83.1 Å². The van der Waals surface area contributed by atoms with Crippen molar-refractivity contribution in [3.8, 4) is 17.2 Å². The third-order valence-corrected chi connectivity index (χ3v) is 3.05. The van der Waals surface area contributed by atoms with E-state index in [4.69, 9.17) is 18.9 Å². The molecule has 0 bridgehead atoms. The highest BCUT2D eigenvalue weighted by atomic mass is 16.5. The molecule has 1 aromatic carbocycles. The molecule has 0 aliphatic rings. The molecule has 0 radical (unpaired) electrons. The molecule has 0 aliphatic carbocycles. The maximum Gasteiger partial charge on any atom is 0.338 e. The number of hydrogen-bond donors (Lipinski definition) is 1. The number of ether oxygens (including phenoxy) is 4. The van der Waals surface area contributed by atoms with Gasteiger partial charge in [0, 0.05) is 6.54 Å². The fourth-order valence-electron chi connectivity index (χ4n) is 2.04. The molecule has 0 aromatic heterocycles. The van der Waals surface area contributed by atoms with Gasteiger partial charge in [-0.15, -0.1) is 0 Å². The predicted octanol–water partition coefficient (Wildman–Crippen LogP) is 2.57. The maximum absolute atomic E-state index is 12.3. The molecule has 7 heteroatoms. The van der Waals surface area contributed by atoms with Crippen LogP contribution in [0.5, 0.6) is 17.2 Å². The summed E-state index contributed by atoms with van der Waals surface area (Å²) in [7, 11) is 0. The van der Waals surface area contributed by atoms with Crippen LogP contribution in [-0.4, -0.2) is 44.8 Å². The van der Waals surface area contributed by atoms with Gasteiger partial charge < -0.3 is 24.3 Å². The van der Waals surface area contributed by atoms with Gasteiger partial charge in [-0.2, -0.15) is 0 Å². The molecule has 0 heterocycles. The van der Waals surface area contributed by atoms with Crippen LogP contribution in [0.15, 0.2) is 12.1 Å². The third-order valence-electron chi connectivity index (χ3n) is 3.05. The Morgan fingerprint density at radius 2 is 1.48 bits per heavy atom. The lowest BCUT2D eigenvalue weighted by atomic mass is 10.2. The first-order chi connectivity index (χ1) is 12.1. The number of carbonyl (C=O) groups is 2. The van der Waals surface area contributed by atoms with Crippen LogP contribution in [0.4, 0.5) is 0 Å². The van der Waals surface area contributed by atoms with E-state index in [1.54, 1.807) is 0 Å². The van der Waals surface area contributed by atoms with Crippen LogP contribution in [0, 0.1) is 0 Å². The zero-order valence-corrected chi connectivity index (χ0v) is 15.3. The lowest BCUT2D eigenvalue weighted by Crippen LogP contribution is -2.29. The lowest BCUT2D eigenvalue weighted by Gasteiger charge is -2.16. The van der Waals surface area contributed by atoms with E-state index in [1.165, 1.54) is 12.1 Å². The van der Waals surface area contributed by atoms with Crippen molar-refractivity contribution >= 4 is 11.9 Å². The summed E-state index contributed by atoms with van der Waals surface area (Å²) in [6.45, 7) is 8.91. The molecular formula is C18H27NO6. The minimum absolute atomic E-state index is 0.235. The summed E-state index contributed by atoms with van der Waals surface area (Å²) in [6, 6.07) is 3.06. The summed E-state index contributed by atoms with van der Waals surface area (Å²) in [5.41, 5.74) is 0.235. The minimum Gasteiger partial charge on any atom is -0.490 e. The summed E-state index contributed by atoms with van der Waals surface area (Å²) >= 11 is 0. The van der Waals surface area contributed by atoms with Crippen LogP contribution in [-0.2, 0) is 9.53 Å². The standard InChI is InChI=1S/C18H27NO6/c1-5-9-19-16(20)12-25-18(21)13-10-14(22-6-2)17(24-8-4)15(11-13)23-7-3/h10-11H,5-9,12H2,1-4H3,(H,19,20). The molecule has 1 N–H and O–H groups in total. The van der Waals surface area contributed by atoms with Gasteiger partial charge in [0.25, 0.3) is 5.91 Å². The number of esters is 1. The van der Waals surface area contributed by atoms with Crippen molar-refractivity contribution in [1.29, 1.82) is 0 Å². The summed E-state index contributed by atoms with van der Waals surface area (Å²) in [4.78, 5) is 23.8. The Labute approximate surface area is 148 Å². The molecular weight excluding hydrogens is 326 g/mol. The van der Waals surface area contributed by atoms with E-state index in [1.807, 2.05) is 27.7 Å². The first-order valence-corrected chi connectivity index (χ1v) is 8.57. The average Bonchev–Trinajstić information content (AvgIpc) is 2.60. The molecule has 0 spiro atoms. The second kappa shape index (κ2) is 11.2. The van der Waals surface area contributed by atoms with Gasteiger partial charge in [-0.3, -0.25) is 4.79 Å². The first-order valence-electron chi connectivity index (χ1n) is 8.57. The van der Waals surface area contributed by atoms with E-state index < -0.39 is 5.97 Å². The van der Waals surface area contributed by atoms with Crippen molar-refractivity contribution in [2.24, 2.45) is 0 Å². The van der Waals surface area contributed by atoms with E-state index in [2.05, 4.69) is 5.32 Å². The second-order valence-electron chi connectivity index (χ2n) is 5.03. The molecule has 0 atom stereocenters. The van der Waals surface area contributed by atoms with Crippen LogP contribution in [0.1, 0.15) is 44.5 Å². The van der Waals surface area contributed by atoms with Gasteiger partial charge in [0.2, 0.25) is 5.75 Å². The van der Waals surface area contributed by atoms with Gasteiger partial charge in [0.15, 0.2) is 18.1 Å². The zero-order chi connectivity index (χ0) is 18.7. The van der Waals surface area contributed by atoms with Gasteiger partial charge in [-0.05, 0) is 39.3 Å². The Hall–Kier alpha value is -2.44. The van der Waals surface area contributed by atoms with E-state index in [9.17, 15) is 9.59 Å². The number of hydrogen-bond acceptors (Lipinski definition) is 6. The Balaban J connectivity index is 2.97. The van der Waals surface area contributed by atoms with Crippen molar-refractivity contribution in [3.05, 3.63) is 17.7 Å². The minimum atomic E-state index is -0.628. The van der Waals surface area contributed by atoms with Crippen molar-refractivity contribution < 1.29 is 28.5 Å². The summed E-state index contributed by atoms with van der Waals surface area (Å²) in [5.74, 6) is 0.284. The normalized spacial score (nSPS) is 10.1. The van der Waals surface area contributed by atoms with Crippen LogP contribution in [0.2, 0.25) is 0 Å². The number of benzene rings is 1. The van der Waals surface area contributed by atoms with Gasteiger partial charge >= 0.3 is 5.97 Å². The molecule has 0 saturated heterocycles. The van der Waals surface area contributed by atoms with Crippen molar-refractivity contribution in [3.63, 3.8) is 0 Å². The van der Waals surface area contributed by atoms with Crippen LogP contribution in [0.25, 0.3) is 0 Å². The average molecular weight is 353 g/mol. The molecule has 0 fully saturated rings. The Morgan fingerprint density at radius 3 is 1.96 bits per heavy atom. The molecule has 140 valence electrons.